The number of benzene rings is 4. The summed E-state index contributed by atoms with van der Waals surface area (Å²) in [6.45, 7) is 4.18. The van der Waals surface area contributed by atoms with Crippen molar-refractivity contribution in [2.24, 2.45) is 11.3 Å². The quantitative estimate of drug-likeness (QED) is 0.312. The number of Topliss-reactive ketones (excluding diaryl/α,β-unsaturated/α-hetero) is 2. The van der Waals surface area contributed by atoms with Gasteiger partial charge in [-0.05, 0) is 42.5 Å². The lowest BCUT2D eigenvalue weighted by atomic mass is 9.62. The topological polar surface area (TPSA) is 34.1 Å². The lowest BCUT2D eigenvalue weighted by Crippen LogP contribution is -2.38. The Morgan fingerprint density at radius 2 is 1.19 bits per heavy atom. The molecular weight excluding hydrogens is 440 g/mol. The van der Waals surface area contributed by atoms with E-state index in [9.17, 15) is 9.59 Å². The fourth-order valence-electron chi connectivity index (χ4n) is 7.87. The minimum absolute atomic E-state index is 0.0284. The van der Waals surface area contributed by atoms with E-state index in [0.29, 0.717) is 6.42 Å². The van der Waals surface area contributed by atoms with Gasteiger partial charge in [0.05, 0.1) is 5.41 Å². The molecule has 3 aliphatic rings. The van der Waals surface area contributed by atoms with Crippen LogP contribution in [0, 0.1) is 25.2 Å². The van der Waals surface area contributed by atoms with Gasteiger partial charge in [-0.3, -0.25) is 9.59 Å². The third kappa shape index (κ3) is 2.73. The van der Waals surface area contributed by atoms with Crippen molar-refractivity contribution in [1.82, 2.24) is 0 Å². The monoisotopic (exact) mass is 468 g/mol. The predicted molar refractivity (Wildman–Crippen MR) is 142 cm³/mol. The van der Waals surface area contributed by atoms with Crippen LogP contribution in [0.2, 0.25) is 0 Å². The first-order valence-electron chi connectivity index (χ1n) is 12.9. The molecule has 1 saturated carbocycles. The highest BCUT2D eigenvalue weighted by atomic mass is 16.1. The van der Waals surface area contributed by atoms with E-state index in [0.717, 1.165) is 38.9 Å². The van der Waals surface area contributed by atoms with Gasteiger partial charge in [0.2, 0.25) is 0 Å². The molecule has 3 unspecified atom stereocenters. The van der Waals surface area contributed by atoms with Gasteiger partial charge in [0, 0.05) is 34.8 Å². The number of hydrogen-bond donors (Lipinski definition) is 0. The molecule has 0 saturated heterocycles. The van der Waals surface area contributed by atoms with Crippen molar-refractivity contribution in [3.63, 3.8) is 0 Å². The second kappa shape index (κ2) is 7.61. The molecule has 3 aliphatic carbocycles. The standard InChI is InChI=1S/C34H28O2/c1-20-13-15-25-24(17-20)19-34(33(25)36)30(22-9-5-3-6-10-22)28-27-18-21(2)14-16-26(27)32(35)29(28)31(34)23-11-7-4-8-12-23/h3-18,28-31H,19H2,1-2H3/t28?,29?,30-,31-,34?/m1/s1. The molecule has 2 heteroatoms. The highest BCUT2D eigenvalue weighted by molar-refractivity contribution is 6.11. The summed E-state index contributed by atoms with van der Waals surface area (Å²) in [6, 6.07) is 33.3. The molecule has 4 aromatic carbocycles. The van der Waals surface area contributed by atoms with E-state index in [1.807, 2.05) is 48.5 Å². The normalized spacial score (nSPS) is 27.8. The number of hydrogen-bond acceptors (Lipinski definition) is 2. The van der Waals surface area contributed by atoms with E-state index in [4.69, 9.17) is 0 Å². The first-order valence-corrected chi connectivity index (χ1v) is 12.9. The molecule has 0 aromatic heterocycles. The van der Waals surface area contributed by atoms with E-state index in [2.05, 4.69) is 62.4 Å². The molecule has 4 aromatic rings. The average Bonchev–Trinajstić information content (AvgIpc) is 3.45. The van der Waals surface area contributed by atoms with Gasteiger partial charge in [0.25, 0.3) is 0 Å². The van der Waals surface area contributed by atoms with E-state index < -0.39 is 5.41 Å². The Kier molecular flexibility index (Phi) is 4.54. The van der Waals surface area contributed by atoms with Crippen LogP contribution < -0.4 is 0 Å². The second-order valence-electron chi connectivity index (χ2n) is 11.0. The van der Waals surface area contributed by atoms with Crippen LogP contribution in [0.1, 0.15) is 71.9 Å². The van der Waals surface area contributed by atoms with Crippen LogP contribution in [0.25, 0.3) is 0 Å². The van der Waals surface area contributed by atoms with E-state index in [1.165, 1.54) is 5.56 Å². The Labute approximate surface area is 212 Å². The number of carbonyl (C=O) groups excluding carboxylic acids is 2. The maximum absolute atomic E-state index is 14.7. The number of ketones is 2. The average molecular weight is 469 g/mol. The minimum Gasteiger partial charge on any atom is -0.294 e. The molecule has 0 radical (unpaired) electrons. The Morgan fingerprint density at radius 3 is 1.83 bits per heavy atom. The van der Waals surface area contributed by atoms with Crippen molar-refractivity contribution < 1.29 is 9.59 Å². The molecule has 1 fully saturated rings. The highest BCUT2D eigenvalue weighted by Gasteiger charge is 2.70. The van der Waals surface area contributed by atoms with Crippen molar-refractivity contribution in [3.05, 3.63) is 142 Å². The lowest BCUT2D eigenvalue weighted by Gasteiger charge is -2.38. The SMILES string of the molecule is Cc1ccc2c(c1)CC1(C2=O)[C@H](c2ccccc2)C2C(=O)c3ccc(C)cc3C2[C@H]1c1ccccc1. The van der Waals surface area contributed by atoms with Crippen molar-refractivity contribution in [1.29, 1.82) is 0 Å². The molecule has 2 nitrogen and oxygen atoms in total. The summed E-state index contributed by atoms with van der Waals surface area (Å²) in [5.74, 6) is -0.151. The summed E-state index contributed by atoms with van der Waals surface area (Å²) in [4.78, 5) is 28.9. The van der Waals surface area contributed by atoms with Crippen molar-refractivity contribution >= 4 is 11.6 Å². The zero-order valence-electron chi connectivity index (χ0n) is 20.6. The molecule has 36 heavy (non-hydrogen) atoms. The van der Waals surface area contributed by atoms with Crippen LogP contribution in [-0.2, 0) is 6.42 Å². The summed E-state index contributed by atoms with van der Waals surface area (Å²) in [5, 5.41) is 0. The number of aryl methyl sites for hydroxylation is 2. The summed E-state index contributed by atoms with van der Waals surface area (Å²) >= 11 is 0. The van der Waals surface area contributed by atoms with Crippen LogP contribution in [-0.4, -0.2) is 11.6 Å². The molecule has 0 amide bonds. The van der Waals surface area contributed by atoms with Gasteiger partial charge in [0.1, 0.15) is 0 Å². The van der Waals surface area contributed by atoms with Gasteiger partial charge in [-0.15, -0.1) is 0 Å². The summed E-state index contributed by atoms with van der Waals surface area (Å²) < 4.78 is 0. The van der Waals surface area contributed by atoms with Crippen LogP contribution in [0.3, 0.4) is 0 Å². The highest BCUT2D eigenvalue weighted by Crippen LogP contribution is 2.72. The molecule has 0 aliphatic heterocycles. The fraction of sp³-hybridized carbons (Fsp3) is 0.235. The number of carbonyl (C=O) groups is 2. The fourth-order valence-corrected chi connectivity index (χ4v) is 7.87. The first kappa shape index (κ1) is 21.5. The van der Waals surface area contributed by atoms with Crippen molar-refractivity contribution in [2.45, 2.75) is 38.0 Å². The first-order chi connectivity index (χ1) is 17.5. The smallest absolute Gasteiger partial charge is 0.170 e. The van der Waals surface area contributed by atoms with Crippen LogP contribution in [0.5, 0.6) is 0 Å². The second-order valence-corrected chi connectivity index (χ2v) is 11.0. The van der Waals surface area contributed by atoms with Gasteiger partial charge in [0.15, 0.2) is 11.6 Å². The number of fused-ring (bicyclic) bond motifs is 4. The van der Waals surface area contributed by atoms with Gasteiger partial charge < -0.3 is 0 Å². The largest absolute Gasteiger partial charge is 0.294 e. The molecule has 0 N–H and O–H groups in total. The molecule has 7 rings (SSSR count). The van der Waals surface area contributed by atoms with Gasteiger partial charge >= 0.3 is 0 Å². The van der Waals surface area contributed by atoms with Crippen LogP contribution in [0.4, 0.5) is 0 Å². The minimum atomic E-state index is -0.703. The number of rotatable bonds is 2. The van der Waals surface area contributed by atoms with E-state index in [1.54, 1.807) is 0 Å². The third-order valence-corrected chi connectivity index (χ3v) is 9.08. The van der Waals surface area contributed by atoms with Gasteiger partial charge in [-0.1, -0.05) is 108 Å². The summed E-state index contributed by atoms with van der Waals surface area (Å²) in [5.41, 5.74) is 7.79. The molecule has 5 atom stereocenters. The Morgan fingerprint density at radius 1 is 0.639 bits per heavy atom. The van der Waals surface area contributed by atoms with Crippen LogP contribution in [0.15, 0.2) is 97.1 Å². The maximum Gasteiger partial charge on any atom is 0.170 e. The maximum atomic E-state index is 14.7. The van der Waals surface area contributed by atoms with Crippen molar-refractivity contribution in [3.8, 4) is 0 Å². The Balaban J connectivity index is 1.56. The van der Waals surface area contributed by atoms with E-state index in [-0.39, 0.29) is 35.2 Å². The Bertz CT molecular complexity index is 1530. The molecule has 0 heterocycles. The molecule has 176 valence electrons. The predicted octanol–water partition coefficient (Wildman–Crippen LogP) is 7.21. The zero-order chi connectivity index (χ0) is 24.6. The van der Waals surface area contributed by atoms with Crippen LogP contribution >= 0.6 is 0 Å². The third-order valence-electron chi connectivity index (χ3n) is 9.08. The summed E-state index contributed by atoms with van der Waals surface area (Å²) in [7, 11) is 0. The zero-order valence-corrected chi connectivity index (χ0v) is 20.6. The molecule has 0 bridgehead atoms. The van der Waals surface area contributed by atoms with Gasteiger partial charge in [-0.25, -0.2) is 0 Å². The van der Waals surface area contributed by atoms with E-state index >= 15 is 0 Å². The molecular formula is C34H28O2. The Hall–Kier alpha value is -3.78. The molecule has 1 spiro atoms. The lowest BCUT2D eigenvalue weighted by molar-refractivity contribution is 0.0745. The van der Waals surface area contributed by atoms with Crippen molar-refractivity contribution in [2.75, 3.05) is 0 Å². The van der Waals surface area contributed by atoms with Gasteiger partial charge in [-0.2, -0.15) is 0 Å². The summed E-state index contributed by atoms with van der Waals surface area (Å²) in [6.07, 6.45) is 0.670.